The predicted octanol–water partition coefficient (Wildman–Crippen LogP) is 4.32. The van der Waals surface area contributed by atoms with E-state index < -0.39 is 0 Å². The van der Waals surface area contributed by atoms with E-state index in [1.807, 2.05) is 13.0 Å². The van der Waals surface area contributed by atoms with E-state index in [1.54, 1.807) is 49.5 Å². The Morgan fingerprint density at radius 1 is 1.40 bits per heavy atom. The smallest absolute Gasteiger partial charge is 0.218 e. The van der Waals surface area contributed by atoms with Crippen molar-refractivity contribution in [2.75, 3.05) is 0 Å². The molecule has 0 bridgehead atoms. The van der Waals surface area contributed by atoms with Crippen molar-refractivity contribution in [2.45, 2.75) is 13.8 Å². The Morgan fingerprint density at radius 2 is 2.12 bits per heavy atom. The Labute approximate surface area is 145 Å². The second-order valence-corrected chi connectivity index (χ2v) is 4.95. The molecular weight excluding hydrogens is 321 g/mol. The quantitative estimate of drug-likeness (QED) is 0.165. The topological polar surface area (TPSA) is 96.6 Å². The average molecular weight is 341 g/mol. The number of nitrogens with two attached hydrogens (primary N) is 1. The van der Waals surface area contributed by atoms with Gasteiger partial charge in [0.2, 0.25) is 6.41 Å². The van der Waals surface area contributed by atoms with Crippen molar-refractivity contribution in [3.63, 3.8) is 0 Å². The maximum atomic E-state index is 12.1. The highest BCUT2D eigenvalue weighted by Crippen LogP contribution is 2.17. The first-order valence-electron chi connectivity index (χ1n) is 7.34. The molecule has 1 heterocycles. The summed E-state index contributed by atoms with van der Waals surface area (Å²) in [5, 5.41) is 7.48. The van der Waals surface area contributed by atoms with Gasteiger partial charge in [-0.05, 0) is 43.7 Å². The van der Waals surface area contributed by atoms with Gasteiger partial charge in [0.25, 0.3) is 0 Å². The molecule has 0 spiro atoms. The molecule has 0 aliphatic carbocycles. The van der Waals surface area contributed by atoms with Gasteiger partial charge in [0.15, 0.2) is 5.84 Å². The molecule has 0 fully saturated rings. The zero-order valence-corrected chi connectivity index (χ0v) is 14.1. The first-order chi connectivity index (χ1) is 12.0. The summed E-state index contributed by atoms with van der Waals surface area (Å²) in [6.45, 7) is 6.70. The normalized spacial score (nSPS) is 12.0. The van der Waals surface area contributed by atoms with Crippen LogP contribution >= 0.6 is 0 Å². The van der Waals surface area contributed by atoms with Crippen LogP contribution in [0.4, 0.5) is 4.39 Å². The van der Waals surface area contributed by atoms with Crippen LogP contribution in [0.2, 0.25) is 0 Å². The fourth-order valence-electron chi connectivity index (χ4n) is 1.89. The number of halogens is 1. The van der Waals surface area contributed by atoms with Crippen LogP contribution in [0.25, 0.3) is 10.9 Å². The molecule has 6 nitrogen and oxygen atoms in total. The van der Waals surface area contributed by atoms with Gasteiger partial charge in [-0.1, -0.05) is 24.8 Å². The fraction of sp³-hybridized carbons (Fsp3) is 0.111. The van der Waals surface area contributed by atoms with E-state index >= 15 is 0 Å². The zero-order chi connectivity index (χ0) is 18.8. The second-order valence-electron chi connectivity index (χ2n) is 4.95. The molecule has 0 saturated carbocycles. The van der Waals surface area contributed by atoms with E-state index in [-0.39, 0.29) is 11.7 Å². The Balaban J connectivity index is 0.000000299. The van der Waals surface area contributed by atoms with Crippen molar-refractivity contribution in [1.29, 1.82) is 5.53 Å². The van der Waals surface area contributed by atoms with E-state index in [2.05, 4.69) is 16.8 Å². The molecule has 2 aromatic rings. The number of nitrogens with zero attached hydrogens (tertiary/aromatic N) is 3. The summed E-state index contributed by atoms with van der Waals surface area (Å²) in [6.07, 6.45) is 7.70. The second kappa shape index (κ2) is 9.71. The van der Waals surface area contributed by atoms with E-state index in [1.165, 1.54) is 4.57 Å². The van der Waals surface area contributed by atoms with Crippen molar-refractivity contribution in [2.24, 2.45) is 16.1 Å². The summed E-state index contributed by atoms with van der Waals surface area (Å²) in [6, 6.07) is 7.05. The average Bonchev–Trinajstić information content (AvgIpc) is 3.03. The number of rotatable bonds is 4. The third-order valence-electron chi connectivity index (χ3n) is 3.29. The Hall–Kier alpha value is -3.35. The van der Waals surface area contributed by atoms with Crippen molar-refractivity contribution in [1.82, 2.24) is 4.57 Å². The maximum Gasteiger partial charge on any atom is 0.218 e. The molecular formula is C18H20FN5O. The lowest BCUT2D eigenvalue weighted by atomic mass is 10.1. The minimum absolute atomic E-state index is 0.153. The van der Waals surface area contributed by atoms with Gasteiger partial charge in [-0.2, -0.15) is 5.10 Å². The van der Waals surface area contributed by atoms with Gasteiger partial charge in [0.05, 0.1) is 5.52 Å². The molecule has 25 heavy (non-hydrogen) atoms. The van der Waals surface area contributed by atoms with Crippen molar-refractivity contribution < 1.29 is 9.18 Å². The third kappa shape index (κ3) is 5.35. The van der Waals surface area contributed by atoms with Crippen LogP contribution in [0, 0.1) is 5.53 Å². The largest absolute Gasteiger partial charge is 0.321 e. The van der Waals surface area contributed by atoms with Crippen molar-refractivity contribution in [3.05, 3.63) is 72.2 Å². The molecule has 3 N–H and O–H groups in total. The van der Waals surface area contributed by atoms with Gasteiger partial charge in [0, 0.05) is 17.1 Å². The summed E-state index contributed by atoms with van der Waals surface area (Å²) in [5.74, 6) is 4.89. The number of benzene rings is 1. The summed E-state index contributed by atoms with van der Waals surface area (Å²) in [5.41, 5.74) is 8.92. The SMILES string of the molecule is C=C(F)/C(C)=C\C=C/C.N=N/C(=N\N)c1ccc2c(ccn2C=O)c1. The van der Waals surface area contributed by atoms with Gasteiger partial charge in [-0.3, -0.25) is 9.36 Å². The number of hydrazone groups is 1. The Bertz CT molecular complexity index is 861. The number of hydrogen-bond donors (Lipinski definition) is 2. The van der Waals surface area contributed by atoms with Crippen LogP contribution in [0.3, 0.4) is 0 Å². The zero-order valence-electron chi connectivity index (χ0n) is 14.1. The lowest BCUT2D eigenvalue weighted by Gasteiger charge is -1.99. The molecule has 130 valence electrons. The number of aromatic nitrogens is 1. The number of amidine groups is 1. The number of carbonyl (C=O) groups excluding carboxylic acids is 1. The molecule has 7 heteroatoms. The standard InChI is InChI=1S/C10H9N5O.C8H11F/c11-13-10(14-12)8-1-2-9-7(5-8)3-4-15(9)6-16;1-4-5-6-7(2)8(3)9/h1-6,11H,12H2;4-6H,3H2,1-2H3/b13-11?,14-10-;5-4-,7-6-. The molecule has 0 aliphatic rings. The number of carbonyl (C=O) groups is 1. The van der Waals surface area contributed by atoms with E-state index in [0.29, 0.717) is 11.1 Å². The van der Waals surface area contributed by atoms with Crippen molar-refractivity contribution >= 4 is 23.1 Å². The monoisotopic (exact) mass is 341 g/mol. The molecule has 2 rings (SSSR count). The first-order valence-corrected chi connectivity index (χ1v) is 7.34. The minimum Gasteiger partial charge on any atom is -0.321 e. The van der Waals surface area contributed by atoms with Gasteiger partial charge in [-0.25, -0.2) is 9.92 Å². The van der Waals surface area contributed by atoms with Gasteiger partial charge in [0.1, 0.15) is 5.83 Å². The van der Waals surface area contributed by atoms with Crippen LogP contribution in [-0.2, 0) is 4.79 Å². The van der Waals surface area contributed by atoms with Crippen molar-refractivity contribution in [3.8, 4) is 0 Å². The highest BCUT2D eigenvalue weighted by Gasteiger charge is 2.05. The highest BCUT2D eigenvalue weighted by molar-refractivity contribution is 6.02. The molecule has 1 aromatic carbocycles. The molecule has 1 aromatic heterocycles. The number of hydrogen-bond acceptors (Lipinski definition) is 4. The van der Waals surface area contributed by atoms with Crippen LogP contribution in [0.1, 0.15) is 19.4 Å². The van der Waals surface area contributed by atoms with E-state index in [9.17, 15) is 9.18 Å². The molecule has 0 radical (unpaired) electrons. The van der Waals surface area contributed by atoms with Gasteiger partial charge >= 0.3 is 0 Å². The molecule has 0 saturated heterocycles. The van der Waals surface area contributed by atoms with Crippen LogP contribution in [-0.4, -0.2) is 16.8 Å². The Kier molecular flexibility index (Phi) is 7.65. The Morgan fingerprint density at radius 3 is 2.64 bits per heavy atom. The molecule has 0 amide bonds. The summed E-state index contributed by atoms with van der Waals surface area (Å²) in [7, 11) is 0. The van der Waals surface area contributed by atoms with E-state index in [0.717, 1.165) is 17.3 Å². The lowest BCUT2D eigenvalue weighted by Crippen LogP contribution is -2.00. The van der Waals surface area contributed by atoms with Gasteiger partial charge < -0.3 is 5.84 Å². The highest BCUT2D eigenvalue weighted by atomic mass is 19.1. The molecule has 0 unspecified atom stereocenters. The third-order valence-corrected chi connectivity index (χ3v) is 3.29. The summed E-state index contributed by atoms with van der Waals surface area (Å²) < 4.78 is 13.6. The number of nitrogens with one attached hydrogen (secondary N) is 1. The molecule has 0 atom stereocenters. The van der Waals surface area contributed by atoms with Crippen LogP contribution < -0.4 is 5.84 Å². The predicted molar refractivity (Wildman–Crippen MR) is 98.8 cm³/mol. The summed E-state index contributed by atoms with van der Waals surface area (Å²) >= 11 is 0. The summed E-state index contributed by atoms with van der Waals surface area (Å²) in [4.78, 5) is 10.7. The minimum atomic E-state index is -0.367. The first kappa shape index (κ1) is 19.7. The maximum absolute atomic E-state index is 12.1. The lowest BCUT2D eigenvalue weighted by molar-refractivity contribution is 0.549. The van der Waals surface area contributed by atoms with Gasteiger partial charge in [-0.15, -0.1) is 5.11 Å². The molecule has 0 aliphatic heterocycles. The van der Waals surface area contributed by atoms with Crippen LogP contribution in [0.15, 0.2) is 76.9 Å². The van der Waals surface area contributed by atoms with E-state index in [4.69, 9.17) is 11.4 Å². The van der Waals surface area contributed by atoms with Crippen LogP contribution in [0.5, 0.6) is 0 Å². The fourth-order valence-corrected chi connectivity index (χ4v) is 1.89. The number of allylic oxidation sites excluding steroid dienone is 5. The number of fused-ring (bicyclic) bond motifs is 1.